The van der Waals surface area contributed by atoms with Gasteiger partial charge in [0, 0.05) is 11.0 Å². The largest absolute Gasteiger partial charge is 0.351 e. The number of carbonyl (C=O) groups excluding carboxylic acids is 1. The van der Waals surface area contributed by atoms with E-state index in [1.165, 1.54) is 0 Å². The van der Waals surface area contributed by atoms with Crippen molar-refractivity contribution in [1.82, 2.24) is 5.32 Å². The Labute approximate surface area is 111 Å². The molecule has 1 rings (SSSR count). The summed E-state index contributed by atoms with van der Waals surface area (Å²) < 4.78 is 1.01. The molecule has 0 bridgehead atoms. The van der Waals surface area contributed by atoms with Crippen LogP contribution in [0.3, 0.4) is 0 Å². The lowest BCUT2D eigenvalue weighted by Gasteiger charge is -2.17. The monoisotopic (exact) mass is 298 g/mol. The fourth-order valence-electron chi connectivity index (χ4n) is 1.47. The topological polar surface area (TPSA) is 55.1 Å². The number of benzene rings is 1. The zero-order chi connectivity index (χ0) is 12.8. The molecule has 0 fully saturated rings. The first kappa shape index (κ1) is 14.2. The van der Waals surface area contributed by atoms with E-state index in [2.05, 4.69) is 21.2 Å². The number of carbonyl (C=O) groups is 1. The van der Waals surface area contributed by atoms with Crippen molar-refractivity contribution in [2.24, 2.45) is 11.7 Å². The zero-order valence-corrected chi connectivity index (χ0v) is 11.8. The maximum Gasteiger partial charge on any atom is 0.237 e. The van der Waals surface area contributed by atoms with Crippen LogP contribution < -0.4 is 11.1 Å². The molecule has 1 unspecified atom stereocenters. The lowest BCUT2D eigenvalue weighted by molar-refractivity contribution is -0.123. The lowest BCUT2D eigenvalue weighted by Crippen LogP contribution is -2.44. The van der Waals surface area contributed by atoms with Crippen molar-refractivity contribution in [3.63, 3.8) is 0 Å². The van der Waals surface area contributed by atoms with Crippen molar-refractivity contribution in [2.45, 2.75) is 32.9 Å². The number of amides is 1. The first-order valence-corrected chi connectivity index (χ1v) is 6.61. The lowest BCUT2D eigenvalue weighted by atomic mass is 9.99. The summed E-state index contributed by atoms with van der Waals surface area (Å²) >= 11 is 3.40. The van der Waals surface area contributed by atoms with E-state index in [0.717, 1.165) is 16.5 Å². The van der Waals surface area contributed by atoms with E-state index in [1.807, 2.05) is 38.1 Å². The molecule has 4 heteroatoms. The molecule has 1 aromatic rings. The van der Waals surface area contributed by atoms with Gasteiger partial charge in [-0.15, -0.1) is 0 Å². The number of halogens is 1. The van der Waals surface area contributed by atoms with Crippen LogP contribution in [0.5, 0.6) is 0 Å². The van der Waals surface area contributed by atoms with Crippen LogP contribution in [0.15, 0.2) is 28.7 Å². The standard InChI is InChI=1S/C13H19BrN2O/c1-3-9(2)12(15)13(17)16-8-10-5-4-6-11(14)7-10/h4-7,9,12H,3,8,15H2,1-2H3,(H,16,17)/t9?,12-/m0/s1. The molecule has 0 spiro atoms. The summed E-state index contributed by atoms with van der Waals surface area (Å²) in [5, 5.41) is 2.86. The maximum absolute atomic E-state index is 11.8. The summed E-state index contributed by atoms with van der Waals surface area (Å²) in [4.78, 5) is 11.8. The second kappa shape index (κ2) is 6.77. The fraction of sp³-hybridized carbons (Fsp3) is 0.462. The second-order valence-corrected chi connectivity index (χ2v) is 5.17. The van der Waals surface area contributed by atoms with E-state index < -0.39 is 6.04 Å². The van der Waals surface area contributed by atoms with Gasteiger partial charge in [0.05, 0.1) is 6.04 Å². The number of nitrogens with two attached hydrogens (primary N) is 1. The predicted octanol–water partition coefficient (Wildman–Crippen LogP) is 2.44. The van der Waals surface area contributed by atoms with Crippen molar-refractivity contribution < 1.29 is 4.79 Å². The molecule has 0 aromatic heterocycles. The molecule has 0 aliphatic rings. The van der Waals surface area contributed by atoms with Gasteiger partial charge in [-0.25, -0.2) is 0 Å². The smallest absolute Gasteiger partial charge is 0.237 e. The first-order valence-electron chi connectivity index (χ1n) is 5.82. The fourth-order valence-corrected chi connectivity index (χ4v) is 1.91. The van der Waals surface area contributed by atoms with Gasteiger partial charge < -0.3 is 11.1 Å². The van der Waals surface area contributed by atoms with Crippen molar-refractivity contribution in [3.05, 3.63) is 34.3 Å². The van der Waals surface area contributed by atoms with Gasteiger partial charge in [0.15, 0.2) is 0 Å². The van der Waals surface area contributed by atoms with Crippen molar-refractivity contribution >= 4 is 21.8 Å². The molecule has 0 radical (unpaired) electrons. The number of hydrogen-bond donors (Lipinski definition) is 2. The first-order chi connectivity index (χ1) is 8.04. The number of hydrogen-bond acceptors (Lipinski definition) is 2. The second-order valence-electron chi connectivity index (χ2n) is 4.26. The third-order valence-corrected chi connectivity index (χ3v) is 3.41. The van der Waals surface area contributed by atoms with E-state index in [4.69, 9.17) is 5.73 Å². The van der Waals surface area contributed by atoms with Gasteiger partial charge in [-0.3, -0.25) is 4.79 Å². The Balaban J connectivity index is 2.48. The Hall–Kier alpha value is -0.870. The van der Waals surface area contributed by atoms with Gasteiger partial charge in [-0.2, -0.15) is 0 Å². The SMILES string of the molecule is CCC(C)[C@H](N)C(=O)NCc1cccc(Br)c1. The minimum atomic E-state index is -0.424. The molecule has 0 heterocycles. The average molecular weight is 299 g/mol. The number of nitrogens with one attached hydrogen (secondary N) is 1. The molecule has 3 N–H and O–H groups in total. The van der Waals surface area contributed by atoms with E-state index >= 15 is 0 Å². The molecule has 0 aliphatic carbocycles. The predicted molar refractivity (Wildman–Crippen MR) is 73.4 cm³/mol. The van der Waals surface area contributed by atoms with Crippen LogP contribution in [0.25, 0.3) is 0 Å². The molecule has 0 aliphatic heterocycles. The normalized spacial score (nSPS) is 14.1. The van der Waals surface area contributed by atoms with Gasteiger partial charge in [-0.1, -0.05) is 48.3 Å². The summed E-state index contributed by atoms with van der Waals surface area (Å²) in [5.74, 6) is 0.122. The van der Waals surface area contributed by atoms with Crippen molar-refractivity contribution in [1.29, 1.82) is 0 Å². The van der Waals surface area contributed by atoms with Crippen LogP contribution in [-0.2, 0) is 11.3 Å². The summed E-state index contributed by atoms with van der Waals surface area (Å²) in [6.07, 6.45) is 0.908. The molecular formula is C13H19BrN2O. The molecule has 1 aromatic carbocycles. The summed E-state index contributed by atoms with van der Waals surface area (Å²) in [6, 6.07) is 7.43. The third-order valence-electron chi connectivity index (χ3n) is 2.92. The quantitative estimate of drug-likeness (QED) is 0.877. The number of rotatable bonds is 5. The third kappa shape index (κ3) is 4.48. The summed E-state index contributed by atoms with van der Waals surface area (Å²) in [7, 11) is 0. The molecule has 94 valence electrons. The molecule has 3 nitrogen and oxygen atoms in total. The van der Waals surface area contributed by atoms with Gasteiger partial charge in [0.2, 0.25) is 5.91 Å². The average Bonchev–Trinajstić information content (AvgIpc) is 2.34. The van der Waals surface area contributed by atoms with Gasteiger partial charge in [0.25, 0.3) is 0 Å². The van der Waals surface area contributed by atoms with Gasteiger partial charge in [-0.05, 0) is 23.6 Å². The Morgan fingerprint density at radius 3 is 2.82 bits per heavy atom. The van der Waals surface area contributed by atoms with Crippen LogP contribution in [0, 0.1) is 5.92 Å². The van der Waals surface area contributed by atoms with Crippen LogP contribution in [0.4, 0.5) is 0 Å². The van der Waals surface area contributed by atoms with E-state index in [9.17, 15) is 4.79 Å². The summed E-state index contributed by atoms with van der Waals surface area (Å²) in [6.45, 7) is 4.54. The highest BCUT2D eigenvalue weighted by atomic mass is 79.9. The van der Waals surface area contributed by atoms with E-state index in [1.54, 1.807) is 0 Å². The summed E-state index contributed by atoms with van der Waals surface area (Å²) in [5.41, 5.74) is 6.90. The minimum Gasteiger partial charge on any atom is -0.351 e. The zero-order valence-electron chi connectivity index (χ0n) is 10.2. The maximum atomic E-state index is 11.8. The molecular weight excluding hydrogens is 280 g/mol. The Morgan fingerprint density at radius 2 is 2.24 bits per heavy atom. The minimum absolute atomic E-state index is 0.0840. The Morgan fingerprint density at radius 1 is 1.53 bits per heavy atom. The molecule has 0 saturated heterocycles. The van der Waals surface area contributed by atoms with Crippen LogP contribution >= 0.6 is 15.9 Å². The van der Waals surface area contributed by atoms with Crippen molar-refractivity contribution in [3.8, 4) is 0 Å². The van der Waals surface area contributed by atoms with E-state index in [0.29, 0.717) is 6.54 Å². The molecule has 17 heavy (non-hydrogen) atoms. The van der Waals surface area contributed by atoms with Crippen LogP contribution in [-0.4, -0.2) is 11.9 Å². The molecule has 0 saturated carbocycles. The Bertz CT molecular complexity index is 381. The Kier molecular flexibility index (Phi) is 5.65. The van der Waals surface area contributed by atoms with E-state index in [-0.39, 0.29) is 11.8 Å². The van der Waals surface area contributed by atoms with Crippen LogP contribution in [0.2, 0.25) is 0 Å². The highest BCUT2D eigenvalue weighted by Crippen LogP contribution is 2.11. The van der Waals surface area contributed by atoms with Crippen molar-refractivity contribution in [2.75, 3.05) is 0 Å². The van der Waals surface area contributed by atoms with Gasteiger partial charge >= 0.3 is 0 Å². The van der Waals surface area contributed by atoms with Crippen LogP contribution in [0.1, 0.15) is 25.8 Å². The highest BCUT2D eigenvalue weighted by Gasteiger charge is 2.18. The molecule has 1 amide bonds. The molecule has 2 atom stereocenters. The highest BCUT2D eigenvalue weighted by molar-refractivity contribution is 9.10. The van der Waals surface area contributed by atoms with Gasteiger partial charge in [0.1, 0.15) is 0 Å².